The second kappa shape index (κ2) is 5.39. The molecule has 0 bridgehead atoms. The van der Waals surface area contributed by atoms with E-state index < -0.39 is 0 Å². The molecule has 1 aromatic heterocycles. The van der Waals surface area contributed by atoms with Crippen molar-refractivity contribution < 1.29 is 4.79 Å². The molecule has 1 aliphatic rings. The predicted molar refractivity (Wildman–Crippen MR) is 90.7 cm³/mol. The SMILES string of the molecule is Cc1n[nH]c2ccc(C(=O)N3CC[C@H]3c3ccc(Cl)cc3)cc12. The minimum absolute atomic E-state index is 0.0682. The largest absolute Gasteiger partial charge is 0.331 e. The number of halogens is 1. The molecule has 1 N–H and O–H groups in total. The van der Waals surface area contributed by atoms with Crippen LogP contribution < -0.4 is 0 Å². The zero-order valence-corrected chi connectivity index (χ0v) is 13.5. The van der Waals surface area contributed by atoms with Gasteiger partial charge in [-0.1, -0.05) is 23.7 Å². The fourth-order valence-corrected chi connectivity index (χ4v) is 3.23. The Labute approximate surface area is 139 Å². The van der Waals surface area contributed by atoms with E-state index in [4.69, 9.17) is 11.6 Å². The number of amides is 1. The Morgan fingerprint density at radius 2 is 2.04 bits per heavy atom. The Hall–Kier alpha value is -2.33. The van der Waals surface area contributed by atoms with Gasteiger partial charge in [-0.25, -0.2) is 0 Å². The van der Waals surface area contributed by atoms with Gasteiger partial charge in [0.2, 0.25) is 0 Å². The summed E-state index contributed by atoms with van der Waals surface area (Å²) >= 11 is 5.94. The highest BCUT2D eigenvalue weighted by atomic mass is 35.5. The molecule has 0 spiro atoms. The predicted octanol–water partition coefficient (Wildman–Crippen LogP) is 4.11. The Balaban J connectivity index is 1.62. The lowest BCUT2D eigenvalue weighted by Gasteiger charge is -2.41. The maximum absolute atomic E-state index is 12.8. The molecule has 5 heteroatoms. The Kier molecular flexibility index (Phi) is 3.34. The first kappa shape index (κ1) is 14.3. The van der Waals surface area contributed by atoms with Gasteiger partial charge in [-0.3, -0.25) is 9.89 Å². The first-order chi connectivity index (χ1) is 11.1. The second-order valence-corrected chi connectivity index (χ2v) is 6.36. The highest BCUT2D eigenvalue weighted by Gasteiger charge is 2.33. The smallest absolute Gasteiger partial charge is 0.254 e. The van der Waals surface area contributed by atoms with Gasteiger partial charge in [0.05, 0.1) is 17.3 Å². The van der Waals surface area contributed by atoms with Crippen LogP contribution in [0.4, 0.5) is 0 Å². The summed E-state index contributed by atoms with van der Waals surface area (Å²) in [5.74, 6) is 0.0682. The molecule has 1 atom stereocenters. The summed E-state index contributed by atoms with van der Waals surface area (Å²) in [6.07, 6.45) is 0.986. The number of hydrogen-bond donors (Lipinski definition) is 1. The van der Waals surface area contributed by atoms with Gasteiger partial charge in [0.1, 0.15) is 0 Å². The standard InChI is InChI=1S/C18H16ClN3O/c1-11-15-10-13(4-7-16(15)21-20-11)18(23)22-9-8-17(22)12-2-5-14(19)6-3-12/h2-7,10,17H,8-9H2,1H3,(H,20,21)/t17-/m0/s1. The number of aromatic nitrogens is 2. The molecule has 1 aliphatic heterocycles. The van der Waals surface area contributed by atoms with Crippen LogP contribution in [0.1, 0.15) is 34.1 Å². The number of likely N-dealkylation sites (tertiary alicyclic amines) is 1. The third-order valence-corrected chi connectivity index (χ3v) is 4.79. The van der Waals surface area contributed by atoms with Gasteiger partial charge in [-0.15, -0.1) is 0 Å². The van der Waals surface area contributed by atoms with E-state index in [9.17, 15) is 4.79 Å². The minimum atomic E-state index is 0.0682. The van der Waals surface area contributed by atoms with Crippen molar-refractivity contribution in [1.29, 1.82) is 0 Å². The monoisotopic (exact) mass is 325 g/mol. The first-order valence-corrected chi connectivity index (χ1v) is 8.02. The van der Waals surface area contributed by atoms with Gasteiger partial charge in [0, 0.05) is 22.5 Å². The van der Waals surface area contributed by atoms with Crippen LogP contribution in [0.2, 0.25) is 5.02 Å². The maximum atomic E-state index is 12.8. The van der Waals surface area contributed by atoms with E-state index in [1.807, 2.05) is 54.3 Å². The van der Waals surface area contributed by atoms with E-state index in [2.05, 4.69) is 10.2 Å². The Morgan fingerprint density at radius 1 is 1.26 bits per heavy atom. The van der Waals surface area contributed by atoms with Crippen LogP contribution in [-0.2, 0) is 0 Å². The molecule has 0 radical (unpaired) electrons. The molecule has 1 saturated heterocycles. The van der Waals surface area contributed by atoms with E-state index in [-0.39, 0.29) is 11.9 Å². The van der Waals surface area contributed by atoms with Crippen LogP contribution in [0.25, 0.3) is 10.9 Å². The van der Waals surface area contributed by atoms with Gasteiger partial charge < -0.3 is 4.90 Å². The zero-order chi connectivity index (χ0) is 16.0. The number of nitrogens with one attached hydrogen (secondary N) is 1. The van der Waals surface area contributed by atoms with E-state index >= 15 is 0 Å². The van der Waals surface area contributed by atoms with Crippen molar-refractivity contribution in [1.82, 2.24) is 15.1 Å². The number of benzene rings is 2. The van der Waals surface area contributed by atoms with Gasteiger partial charge in [0.25, 0.3) is 5.91 Å². The lowest BCUT2D eigenvalue weighted by atomic mass is 9.93. The number of carbonyl (C=O) groups excluding carboxylic acids is 1. The number of rotatable bonds is 2. The van der Waals surface area contributed by atoms with E-state index in [1.54, 1.807) is 0 Å². The summed E-state index contributed by atoms with van der Waals surface area (Å²) in [4.78, 5) is 14.7. The molecule has 3 aromatic rings. The van der Waals surface area contributed by atoms with Gasteiger partial charge >= 0.3 is 0 Å². The summed E-state index contributed by atoms with van der Waals surface area (Å²) in [5.41, 5.74) is 3.71. The van der Waals surface area contributed by atoms with Crippen LogP contribution in [0, 0.1) is 6.92 Å². The summed E-state index contributed by atoms with van der Waals surface area (Å²) in [5, 5.41) is 8.86. The average molecular weight is 326 g/mol. The van der Waals surface area contributed by atoms with Gasteiger partial charge in [-0.05, 0) is 49.2 Å². The quantitative estimate of drug-likeness (QED) is 0.770. The topological polar surface area (TPSA) is 49.0 Å². The lowest BCUT2D eigenvalue weighted by Crippen LogP contribution is -2.45. The fraction of sp³-hybridized carbons (Fsp3) is 0.222. The number of fused-ring (bicyclic) bond motifs is 1. The number of H-pyrrole nitrogens is 1. The average Bonchev–Trinajstić information content (AvgIpc) is 2.89. The lowest BCUT2D eigenvalue weighted by molar-refractivity contribution is 0.0460. The number of hydrogen-bond acceptors (Lipinski definition) is 2. The van der Waals surface area contributed by atoms with Gasteiger partial charge in [-0.2, -0.15) is 5.10 Å². The molecular formula is C18H16ClN3O. The minimum Gasteiger partial charge on any atom is -0.331 e. The van der Waals surface area contributed by atoms with Crippen molar-refractivity contribution in [2.45, 2.75) is 19.4 Å². The normalized spacial score (nSPS) is 17.3. The number of carbonyl (C=O) groups is 1. The van der Waals surface area contributed by atoms with Crippen molar-refractivity contribution in [3.8, 4) is 0 Å². The number of aromatic amines is 1. The van der Waals surface area contributed by atoms with Crippen LogP contribution in [-0.4, -0.2) is 27.5 Å². The molecule has 1 amide bonds. The molecule has 0 aliphatic carbocycles. The summed E-state index contributed by atoms with van der Waals surface area (Å²) in [7, 11) is 0. The van der Waals surface area contributed by atoms with E-state index in [0.717, 1.165) is 35.1 Å². The van der Waals surface area contributed by atoms with Crippen molar-refractivity contribution in [3.05, 3.63) is 64.3 Å². The van der Waals surface area contributed by atoms with Crippen LogP contribution in [0.5, 0.6) is 0 Å². The van der Waals surface area contributed by atoms with Gasteiger partial charge in [0.15, 0.2) is 0 Å². The van der Waals surface area contributed by atoms with E-state index in [1.165, 1.54) is 0 Å². The Morgan fingerprint density at radius 3 is 2.74 bits per heavy atom. The van der Waals surface area contributed by atoms with E-state index in [0.29, 0.717) is 10.6 Å². The summed E-state index contributed by atoms with van der Waals surface area (Å²) in [6.45, 7) is 2.72. The van der Waals surface area contributed by atoms with Crippen LogP contribution in [0.15, 0.2) is 42.5 Å². The maximum Gasteiger partial charge on any atom is 0.254 e. The molecule has 0 saturated carbocycles. The highest BCUT2D eigenvalue weighted by Crippen LogP contribution is 2.35. The molecular weight excluding hydrogens is 310 g/mol. The molecule has 4 nitrogen and oxygen atoms in total. The van der Waals surface area contributed by atoms with Crippen molar-refractivity contribution in [3.63, 3.8) is 0 Å². The fourth-order valence-electron chi connectivity index (χ4n) is 3.11. The van der Waals surface area contributed by atoms with Crippen molar-refractivity contribution in [2.24, 2.45) is 0 Å². The van der Waals surface area contributed by atoms with Crippen molar-refractivity contribution >= 4 is 28.4 Å². The third-order valence-electron chi connectivity index (χ3n) is 4.54. The molecule has 2 heterocycles. The molecule has 23 heavy (non-hydrogen) atoms. The molecule has 1 fully saturated rings. The third kappa shape index (κ3) is 2.39. The molecule has 4 rings (SSSR count). The molecule has 116 valence electrons. The highest BCUT2D eigenvalue weighted by molar-refractivity contribution is 6.30. The number of nitrogens with zero attached hydrogens (tertiary/aromatic N) is 2. The second-order valence-electron chi connectivity index (χ2n) is 5.92. The molecule has 2 aromatic carbocycles. The first-order valence-electron chi connectivity index (χ1n) is 7.64. The van der Waals surface area contributed by atoms with Crippen LogP contribution in [0.3, 0.4) is 0 Å². The zero-order valence-electron chi connectivity index (χ0n) is 12.7. The molecule has 0 unspecified atom stereocenters. The van der Waals surface area contributed by atoms with Crippen LogP contribution >= 0.6 is 11.6 Å². The summed E-state index contributed by atoms with van der Waals surface area (Å²) in [6, 6.07) is 13.6. The number of aryl methyl sites for hydroxylation is 1. The van der Waals surface area contributed by atoms with Crippen molar-refractivity contribution in [2.75, 3.05) is 6.54 Å². The Bertz CT molecular complexity index is 885. The summed E-state index contributed by atoms with van der Waals surface area (Å²) < 4.78 is 0.